The summed E-state index contributed by atoms with van der Waals surface area (Å²) >= 11 is 3.15. The lowest BCUT2D eigenvalue weighted by molar-refractivity contribution is 0.594. The van der Waals surface area contributed by atoms with Crippen LogP contribution < -0.4 is 10.5 Å². The zero-order valence-corrected chi connectivity index (χ0v) is 11.5. The molecule has 17 heavy (non-hydrogen) atoms. The van der Waals surface area contributed by atoms with E-state index in [1.165, 1.54) is 18.2 Å². The number of hydrogen-bond donors (Lipinski definition) is 2. The van der Waals surface area contributed by atoms with Crippen molar-refractivity contribution in [2.45, 2.75) is 12.8 Å². The average molecular weight is 325 g/mol. The molecule has 0 spiro atoms. The zero-order chi connectivity index (χ0) is 12.9. The Balaban J connectivity index is 2.72. The van der Waals surface area contributed by atoms with Crippen LogP contribution in [0.15, 0.2) is 22.7 Å². The van der Waals surface area contributed by atoms with Crippen molar-refractivity contribution in [2.24, 2.45) is 5.73 Å². The number of nitrogens with two attached hydrogens (primary N) is 1. The molecule has 0 heterocycles. The summed E-state index contributed by atoms with van der Waals surface area (Å²) in [6.45, 7) is 0.445. The van der Waals surface area contributed by atoms with Gasteiger partial charge in [-0.3, -0.25) is 4.72 Å². The third-order valence-electron chi connectivity index (χ3n) is 2.06. The molecule has 1 aromatic rings. The van der Waals surface area contributed by atoms with Crippen LogP contribution in [0, 0.1) is 5.82 Å². The van der Waals surface area contributed by atoms with E-state index < -0.39 is 15.8 Å². The van der Waals surface area contributed by atoms with Crippen LogP contribution in [0.25, 0.3) is 0 Å². The molecule has 0 amide bonds. The molecule has 0 aliphatic carbocycles. The Bertz CT molecular complexity index is 479. The van der Waals surface area contributed by atoms with Crippen LogP contribution in [0.1, 0.15) is 12.8 Å². The molecular weight excluding hydrogens is 311 g/mol. The summed E-state index contributed by atoms with van der Waals surface area (Å²) in [4.78, 5) is 0. The van der Waals surface area contributed by atoms with E-state index in [0.29, 0.717) is 23.9 Å². The molecule has 1 rings (SSSR count). The van der Waals surface area contributed by atoms with Crippen molar-refractivity contribution in [3.63, 3.8) is 0 Å². The van der Waals surface area contributed by atoms with E-state index >= 15 is 0 Å². The van der Waals surface area contributed by atoms with Gasteiger partial charge in [0.15, 0.2) is 0 Å². The van der Waals surface area contributed by atoms with Crippen molar-refractivity contribution < 1.29 is 12.8 Å². The Hall–Kier alpha value is -0.660. The fraction of sp³-hybridized carbons (Fsp3) is 0.400. The van der Waals surface area contributed by atoms with E-state index in [1.807, 2.05) is 0 Å². The Morgan fingerprint density at radius 3 is 2.71 bits per heavy atom. The summed E-state index contributed by atoms with van der Waals surface area (Å²) in [7, 11) is -3.51. The van der Waals surface area contributed by atoms with Crippen molar-refractivity contribution in [1.29, 1.82) is 0 Å². The van der Waals surface area contributed by atoms with Gasteiger partial charge in [-0.1, -0.05) is 15.9 Å². The van der Waals surface area contributed by atoms with Crippen molar-refractivity contribution in [2.75, 3.05) is 17.0 Å². The van der Waals surface area contributed by atoms with Gasteiger partial charge in [0.05, 0.1) is 11.4 Å². The summed E-state index contributed by atoms with van der Waals surface area (Å²) in [5, 5.41) is 0. The second-order valence-corrected chi connectivity index (χ2v) is 6.30. The third kappa shape index (κ3) is 5.01. The normalized spacial score (nSPS) is 11.5. The molecule has 4 nitrogen and oxygen atoms in total. The van der Waals surface area contributed by atoms with Gasteiger partial charge in [-0.2, -0.15) is 0 Å². The van der Waals surface area contributed by atoms with Gasteiger partial charge in [-0.25, -0.2) is 12.8 Å². The molecule has 0 saturated heterocycles. The minimum absolute atomic E-state index is 0.0490. The Kier molecular flexibility index (Phi) is 5.35. The molecule has 3 N–H and O–H groups in total. The van der Waals surface area contributed by atoms with E-state index in [2.05, 4.69) is 20.7 Å². The van der Waals surface area contributed by atoms with Gasteiger partial charge in [0.2, 0.25) is 10.0 Å². The van der Waals surface area contributed by atoms with Crippen LogP contribution >= 0.6 is 15.9 Å². The lowest BCUT2D eigenvalue weighted by Crippen LogP contribution is -2.18. The predicted molar refractivity (Wildman–Crippen MR) is 69.8 cm³/mol. The lowest BCUT2D eigenvalue weighted by atomic mass is 10.3. The first-order chi connectivity index (χ1) is 7.94. The number of anilines is 1. The van der Waals surface area contributed by atoms with Gasteiger partial charge in [-0.05, 0) is 37.6 Å². The number of rotatable bonds is 6. The van der Waals surface area contributed by atoms with Crippen LogP contribution in [-0.2, 0) is 10.0 Å². The fourth-order valence-corrected chi connectivity index (χ4v) is 2.77. The van der Waals surface area contributed by atoms with Crippen molar-refractivity contribution in [3.8, 4) is 0 Å². The van der Waals surface area contributed by atoms with Crippen LogP contribution in [0.5, 0.6) is 0 Å². The monoisotopic (exact) mass is 324 g/mol. The maximum absolute atomic E-state index is 13.3. The fourth-order valence-electron chi connectivity index (χ4n) is 1.23. The standard InChI is InChI=1S/C10H14BrFN2O2S/c11-8-3-4-9(12)10(7-8)14-17(15,16)6-2-1-5-13/h3-4,7,14H,1-2,5-6,13H2. The summed E-state index contributed by atoms with van der Waals surface area (Å²) in [5.74, 6) is -0.661. The van der Waals surface area contributed by atoms with E-state index in [0.717, 1.165) is 0 Å². The molecule has 0 unspecified atom stereocenters. The van der Waals surface area contributed by atoms with Gasteiger partial charge in [0.25, 0.3) is 0 Å². The van der Waals surface area contributed by atoms with Crippen LogP contribution in [0.3, 0.4) is 0 Å². The highest BCUT2D eigenvalue weighted by molar-refractivity contribution is 9.10. The predicted octanol–water partition coefficient (Wildman–Crippen LogP) is 2.07. The second kappa shape index (κ2) is 6.32. The number of nitrogens with one attached hydrogen (secondary N) is 1. The molecule has 0 saturated carbocycles. The van der Waals surface area contributed by atoms with Gasteiger partial charge in [0, 0.05) is 4.47 Å². The van der Waals surface area contributed by atoms with E-state index in [4.69, 9.17) is 5.73 Å². The van der Waals surface area contributed by atoms with Gasteiger partial charge < -0.3 is 5.73 Å². The summed E-state index contributed by atoms with van der Waals surface area (Å²) in [5.41, 5.74) is 5.22. The highest BCUT2D eigenvalue weighted by Crippen LogP contribution is 2.21. The molecule has 7 heteroatoms. The first-order valence-electron chi connectivity index (χ1n) is 5.10. The highest BCUT2D eigenvalue weighted by Gasteiger charge is 2.12. The Morgan fingerprint density at radius 2 is 2.06 bits per heavy atom. The largest absolute Gasteiger partial charge is 0.330 e. The Morgan fingerprint density at radius 1 is 1.35 bits per heavy atom. The Labute approximate surface area is 109 Å². The third-order valence-corrected chi connectivity index (χ3v) is 3.91. The molecule has 0 aliphatic heterocycles. The van der Waals surface area contributed by atoms with E-state index in [9.17, 15) is 12.8 Å². The van der Waals surface area contributed by atoms with E-state index in [-0.39, 0.29) is 11.4 Å². The summed E-state index contributed by atoms with van der Waals surface area (Å²) in [6.07, 6.45) is 1.09. The number of unbranched alkanes of at least 4 members (excludes halogenated alkanes) is 1. The molecule has 1 aromatic carbocycles. The van der Waals surface area contributed by atoms with E-state index in [1.54, 1.807) is 0 Å². The maximum atomic E-state index is 13.3. The number of halogens is 2. The quantitative estimate of drug-likeness (QED) is 0.787. The molecule has 0 aromatic heterocycles. The zero-order valence-electron chi connectivity index (χ0n) is 9.12. The highest BCUT2D eigenvalue weighted by atomic mass is 79.9. The minimum Gasteiger partial charge on any atom is -0.330 e. The van der Waals surface area contributed by atoms with Crippen molar-refractivity contribution >= 4 is 31.6 Å². The average Bonchev–Trinajstić information content (AvgIpc) is 2.23. The SMILES string of the molecule is NCCCCS(=O)(=O)Nc1cc(Br)ccc1F. The minimum atomic E-state index is -3.51. The van der Waals surface area contributed by atoms with Crippen LogP contribution in [0.2, 0.25) is 0 Å². The molecule has 0 atom stereocenters. The summed E-state index contributed by atoms with van der Waals surface area (Å²) in [6, 6.07) is 4.08. The van der Waals surface area contributed by atoms with Gasteiger partial charge in [0.1, 0.15) is 5.82 Å². The lowest BCUT2D eigenvalue weighted by Gasteiger charge is -2.08. The number of sulfonamides is 1. The maximum Gasteiger partial charge on any atom is 0.232 e. The topological polar surface area (TPSA) is 72.2 Å². The molecule has 96 valence electrons. The number of hydrogen-bond acceptors (Lipinski definition) is 3. The van der Waals surface area contributed by atoms with Gasteiger partial charge >= 0.3 is 0 Å². The molecule has 0 fully saturated rings. The smallest absolute Gasteiger partial charge is 0.232 e. The summed E-state index contributed by atoms with van der Waals surface area (Å²) < 4.78 is 39.4. The molecule has 0 aliphatic rings. The number of benzene rings is 1. The van der Waals surface area contributed by atoms with Crippen LogP contribution in [-0.4, -0.2) is 20.7 Å². The van der Waals surface area contributed by atoms with Crippen LogP contribution in [0.4, 0.5) is 10.1 Å². The van der Waals surface area contributed by atoms with Crippen molar-refractivity contribution in [3.05, 3.63) is 28.5 Å². The first kappa shape index (κ1) is 14.4. The molecular formula is C10H14BrFN2O2S. The van der Waals surface area contributed by atoms with Gasteiger partial charge in [-0.15, -0.1) is 0 Å². The first-order valence-corrected chi connectivity index (χ1v) is 7.55. The molecule has 0 radical (unpaired) electrons. The van der Waals surface area contributed by atoms with Crippen molar-refractivity contribution in [1.82, 2.24) is 0 Å². The molecule has 0 bridgehead atoms. The second-order valence-electron chi connectivity index (χ2n) is 3.54.